The molecule has 6 heteroatoms. The molecule has 0 radical (unpaired) electrons. The van der Waals surface area contributed by atoms with Gasteiger partial charge in [0.2, 0.25) is 5.91 Å². The van der Waals surface area contributed by atoms with Gasteiger partial charge in [0.25, 0.3) is 0 Å². The van der Waals surface area contributed by atoms with Crippen molar-refractivity contribution in [3.05, 3.63) is 39.5 Å². The van der Waals surface area contributed by atoms with Gasteiger partial charge < -0.3 is 15.4 Å². The molecule has 0 aliphatic rings. The summed E-state index contributed by atoms with van der Waals surface area (Å²) in [6, 6.07) is 9.42. The molecule has 1 aromatic heterocycles. The topological polar surface area (TPSA) is 50.4 Å². The standard InChI is InChI=1S/C14H15ClN2O2S/c1-9(18)17-12-5-3-10(7-13(12)19-2)16-8-11-4-6-14(15)20-11/h3-7,16H,8H2,1-2H3,(H,17,18). The Hall–Kier alpha value is -1.72. The second-order valence-electron chi connectivity index (χ2n) is 4.16. The lowest BCUT2D eigenvalue weighted by molar-refractivity contribution is -0.114. The number of anilines is 2. The Balaban J connectivity index is 2.07. The molecule has 0 unspecified atom stereocenters. The van der Waals surface area contributed by atoms with E-state index in [1.807, 2.05) is 30.3 Å². The highest BCUT2D eigenvalue weighted by atomic mass is 35.5. The molecule has 0 aliphatic heterocycles. The van der Waals surface area contributed by atoms with Gasteiger partial charge in [0.05, 0.1) is 17.1 Å². The van der Waals surface area contributed by atoms with Crippen molar-refractivity contribution in [3.63, 3.8) is 0 Å². The molecule has 2 rings (SSSR count). The number of hydrogen-bond donors (Lipinski definition) is 2. The monoisotopic (exact) mass is 310 g/mol. The van der Waals surface area contributed by atoms with Crippen LogP contribution in [0.2, 0.25) is 4.34 Å². The minimum Gasteiger partial charge on any atom is -0.494 e. The molecule has 4 nitrogen and oxygen atoms in total. The Morgan fingerprint density at radius 1 is 1.35 bits per heavy atom. The van der Waals surface area contributed by atoms with E-state index >= 15 is 0 Å². The lowest BCUT2D eigenvalue weighted by Gasteiger charge is -2.12. The summed E-state index contributed by atoms with van der Waals surface area (Å²) in [7, 11) is 1.57. The Morgan fingerprint density at radius 3 is 2.75 bits per heavy atom. The number of hydrogen-bond acceptors (Lipinski definition) is 4. The number of carbonyl (C=O) groups is 1. The van der Waals surface area contributed by atoms with E-state index in [2.05, 4.69) is 10.6 Å². The van der Waals surface area contributed by atoms with E-state index in [0.717, 1.165) is 14.9 Å². The fraction of sp³-hybridized carbons (Fsp3) is 0.214. The van der Waals surface area contributed by atoms with Gasteiger partial charge in [-0.2, -0.15) is 0 Å². The SMILES string of the molecule is COc1cc(NCc2ccc(Cl)s2)ccc1NC(C)=O. The lowest BCUT2D eigenvalue weighted by Crippen LogP contribution is -2.07. The average Bonchev–Trinajstić information content (AvgIpc) is 2.83. The van der Waals surface area contributed by atoms with Crippen molar-refractivity contribution in [2.45, 2.75) is 13.5 Å². The Morgan fingerprint density at radius 2 is 2.15 bits per heavy atom. The minimum atomic E-state index is -0.128. The summed E-state index contributed by atoms with van der Waals surface area (Å²) in [6.07, 6.45) is 0. The number of methoxy groups -OCH3 is 1. The number of carbonyl (C=O) groups excluding carboxylic acids is 1. The van der Waals surface area contributed by atoms with Gasteiger partial charge in [-0.1, -0.05) is 11.6 Å². The number of amides is 1. The second-order valence-corrected chi connectivity index (χ2v) is 5.96. The first-order valence-corrected chi connectivity index (χ1v) is 7.21. The van der Waals surface area contributed by atoms with Crippen molar-refractivity contribution in [1.29, 1.82) is 0 Å². The van der Waals surface area contributed by atoms with Crippen LogP contribution in [-0.4, -0.2) is 13.0 Å². The highest BCUT2D eigenvalue weighted by molar-refractivity contribution is 7.16. The molecule has 0 spiro atoms. The fourth-order valence-corrected chi connectivity index (χ4v) is 2.76. The quantitative estimate of drug-likeness (QED) is 0.878. The zero-order chi connectivity index (χ0) is 14.5. The molecule has 1 aromatic carbocycles. The molecule has 0 atom stereocenters. The van der Waals surface area contributed by atoms with Gasteiger partial charge in [-0.25, -0.2) is 0 Å². The van der Waals surface area contributed by atoms with E-state index in [1.54, 1.807) is 18.4 Å². The first kappa shape index (κ1) is 14.7. The van der Waals surface area contributed by atoms with Gasteiger partial charge in [-0.3, -0.25) is 4.79 Å². The highest BCUT2D eigenvalue weighted by Gasteiger charge is 2.06. The van der Waals surface area contributed by atoms with Crippen molar-refractivity contribution < 1.29 is 9.53 Å². The zero-order valence-corrected chi connectivity index (χ0v) is 12.8. The summed E-state index contributed by atoms with van der Waals surface area (Å²) in [6.45, 7) is 2.16. The van der Waals surface area contributed by atoms with E-state index in [-0.39, 0.29) is 5.91 Å². The second kappa shape index (κ2) is 6.63. The molecule has 0 saturated carbocycles. The van der Waals surface area contributed by atoms with Gasteiger partial charge in [-0.05, 0) is 24.3 Å². The molecule has 1 amide bonds. The summed E-state index contributed by atoms with van der Waals surface area (Å²) < 4.78 is 6.05. The van der Waals surface area contributed by atoms with Crippen LogP contribution in [0, 0.1) is 0 Å². The van der Waals surface area contributed by atoms with Crippen LogP contribution >= 0.6 is 22.9 Å². The first-order valence-electron chi connectivity index (χ1n) is 6.02. The van der Waals surface area contributed by atoms with E-state index in [4.69, 9.17) is 16.3 Å². The molecule has 106 valence electrons. The summed E-state index contributed by atoms with van der Waals surface area (Å²) in [5.74, 6) is 0.492. The zero-order valence-electron chi connectivity index (χ0n) is 11.2. The summed E-state index contributed by atoms with van der Waals surface area (Å²) in [5, 5.41) is 6.01. The van der Waals surface area contributed by atoms with Gasteiger partial charge in [0.15, 0.2) is 0 Å². The molecule has 20 heavy (non-hydrogen) atoms. The lowest BCUT2D eigenvalue weighted by atomic mass is 10.2. The van der Waals surface area contributed by atoms with Crippen LogP contribution in [0.1, 0.15) is 11.8 Å². The Bertz CT molecular complexity index is 613. The van der Waals surface area contributed by atoms with Crippen LogP contribution < -0.4 is 15.4 Å². The van der Waals surface area contributed by atoms with E-state index in [1.165, 1.54) is 6.92 Å². The maximum atomic E-state index is 11.1. The number of thiophene rings is 1. The number of nitrogens with one attached hydrogen (secondary N) is 2. The van der Waals surface area contributed by atoms with Crippen LogP contribution in [0.15, 0.2) is 30.3 Å². The van der Waals surface area contributed by atoms with Crippen molar-refractivity contribution in [2.75, 3.05) is 17.7 Å². The van der Waals surface area contributed by atoms with Crippen molar-refractivity contribution in [3.8, 4) is 5.75 Å². The van der Waals surface area contributed by atoms with Gasteiger partial charge in [0, 0.05) is 30.1 Å². The van der Waals surface area contributed by atoms with E-state index in [0.29, 0.717) is 18.0 Å². The molecular formula is C14H15ClN2O2S. The van der Waals surface area contributed by atoms with Crippen LogP contribution in [0.25, 0.3) is 0 Å². The van der Waals surface area contributed by atoms with Crippen LogP contribution in [0.5, 0.6) is 5.75 Å². The number of halogens is 1. The fourth-order valence-electron chi connectivity index (χ4n) is 1.73. The predicted molar refractivity (Wildman–Crippen MR) is 84.0 cm³/mol. The third-order valence-corrected chi connectivity index (χ3v) is 3.84. The summed E-state index contributed by atoms with van der Waals surface area (Å²) in [4.78, 5) is 12.2. The first-order chi connectivity index (χ1) is 9.58. The largest absolute Gasteiger partial charge is 0.494 e. The van der Waals surface area contributed by atoms with Crippen LogP contribution in [0.4, 0.5) is 11.4 Å². The maximum absolute atomic E-state index is 11.1. The highest BCUT2D eigenvalue weighted by Crippen LogP contribution is 2.29. The van der Waals surface area contributed by atoms with E-state index in [9.17, 15) is 4.79 Å². The molecule has 0 bridgehead atoms. The molecule has 1 heterocycles. The molecule has 0 aliphatic carbocycles. The smallest absolute Gasteiger partial charge is 0.221 e. The van der Waals surface area contributed by atoms with Gasteiger partial charge >= 0.3 is 0 Å². The van der Waals surface area contributed by atoms with Crippen LogP contribution in [-0.2, 0) is 11.3 Å². The average molecular weight is 311 g/mol. The van der Waals surface area contributed by atoms with Crippen molar-refractivity contribution in [2.24, 2.45) is 0 Å². The van der Waals surface area contributed by atoms with Crippen LogP contribution in [0.3, 0.4) is 0 Å². The summed E-state index contributed by atoms with van der Waals surface area (Å²) >= 11 is 7.43. The minimum absolute atomic E-state index is 0.128. The summed E-state index contributed by atoms with van der Waals surface area (Å²) in [5.41, 5.74) is 1.57. The van der Waals surface area contributed by atoms with Crippen molar-refractivity contribution >= 4 is 40.2 Å². The molecular weight excluding hydrogens is 296 g/mol. The normalized spacial score (nSPS) is 10.2. The number of benzene rings is 1. The maximum Gasteiger partial charge on any atom is 0.221 e. The molecule has 0 fully saturated rings. The molecule has 0 saturated heterocycles. The molecule has 2 aromatic rings. The van der Waals surface area contributed by atoms with Gasteiger partial charge in [-0.15, -0.1) is 11.3 Å². The number of ether oxygens (including phenoxy) is 1. The molecule has 2 N–H and O–H groups in total. The predicted octanol–water partition coefficient (Wildman–Crippen LogP) is 3.98. The Labute approximate surface area is 126 Å². The Kier molecular flexibility index (Phi) is 4.87. The van der Waals surface area contributed by atoms with Crippen molar-refractivity contribution in [1.82, 2.24) is 0 Å². The van der Waals surface area contributed by atoms with E-state index < -0.39 is 0 Å². The third kappa shape index (κ3) is 3.88. The van der Waals surface area contributed by atoms with Gasteiger partial charge in [0.1, 0.15) is 5.75 Å². The third-order valence-electron chi connectivity index (χ3n) is 2.61. The number of rotatable bonds is 5.